The molecule has 1 unspecified atom stereocenters. The monoisotopic (exact) mass is 406 g/mol. The van der Waals surface area contributed by atoms with E-state index in [2.05, 4.69) is 16.9 Å². The quantitative estimate of drug-likeness (QED) is 0.382. The maximum Gasteiger partial charge on any atom is 0.262 e. The molecular weight excluding hydrogens is 384 g/mol. The summed E-state index contributed by atoms with van der Waals surface area (Å²) in [5.41, 5.74) is 1.15. The van der Waals surface area contributed by atoms with Crippen molar-refractivity contribution in [2.24, 2.45) is 0 Å². The van der Waals surface area contributed by atoms with Gasteiger partial charge in [-0.05, 0) is 37.6 Å². The number of nitrogens with one attached hydrogen (secondary N) is 1. The normalized spacial score (nSPS) is 12.5. The van der Waals surface area contributed by atoms with E-state index in [1.165, 1.54) is 11.8 Å². The largest absolute Gasteiger partial charge is 0.309 e. The van der Waals surface area contributed by atoms with E-state index in [1.807, 2.05) is 49.4 Å². The number of hydrogen-bond acceptors (Lipinski definition) is 5. The zero-order chi connectivity index (χ0) is 20.4. The Labute approximate surface area is 172 Å². The van der Waals surface area contributed by atoms with Crippen LogP contribution in [0.2, 0.25) is 0 Å². The molecule has 29 heavy (non-hydrogen) atoms. The van der Waals surface area contributed by atoms with Gasteiger partial charge in [0.25, 0.3) is 11.1 Å². The van der Waals surface area contributed by atoms with Crippen molar-refractivity contribution in [2.75, 3.05) is 0 Å². The van der Waals surface area contributed by atoms with Crippen LogP contribution in [0.3, 0.4) is 0 Å². The lowest BCUT2D eigenvalue weighted by Gasteiger charge is -2.16. The molecule has 0 saturated carbocycles. The lowest BCUT2D eigenvalue weighted by molar-refractivity contribution is 0.557. The second-order valence-electron chi connectivity index (χ2n) is 6.95. The Morgan fingerprint density at radius 3 is 2.38 bits per heavy atom. The molecule has 2 aromatic heterocycles. The third-order valence-corrected chi connectivity index (χ3v) is 5.96. The van der Waals surface area contributed by atoms with Crippen molar-refractivity contribution in [3.05, 3.63) is 75.1 Å². The summed E-state index contributed by atoms with van der Waals surface area (Å²) >= 11 is 1.44. The number of nitrogens with zero attached hydrogens (tertiary/aromatic N) is 3. The Morgan fingerprint density at radius 1 is 1.00 bits per heavy atom. The van der Waals surface area contributed by atoms with Crippen molar-refractivity contribution in [1.29, 1.82) is 0 Å². The number of rotatable bonds is 6. The fraction of sp³-hybridized carbons (Fsp3) is 0.273. The average molecular weight is 407 g/mol. The lowest BCUT2D eigenvalue weighted by Crippen LogP contribution is -2.24. The Morgan fingerprint density at radius 2 is 1.66 bits per heavy atom. The standard InChI is InChI=1S/C22H22N4O2S/c1-3-4-13-26-21(28)16-10-6-8-12-18(16)24-22(26)29-14(2)19-23-17-11-7-5-9-15(17)20(27)25-19/h5-12,14H,3-4,13H2,1-2H3,(H,23,25,27). The van der Waals surface area contributed by atoms with Gasteiger partial charge >= 0.3 is 0 Å². The second kappa shape index (κ2) is 8.21. The predicted octanol–water partition coefficient (Wildman–Crippen LogP) is 4.29. The second-order valence-corrected chi connectivity index (χ2v) is 8.26. The van der Waals surface area contributed by atoms with Crippen LogP contribution in [0.25, 0.3) is 21.8 Å². The fourth-order valence-corrected chi connectivity index (χ4v) is 4.25. The molecule has 0 bridgehead atoms. The van der Waals surface area contributed by atoms with E-state index in [0.717, 1.165) is 12.8 Å². The lowest BCUT2D eigenvalue weighted by atomic mass is 10.2. The molecule has 0 radical (unpaired) electrons. The molecule has 7 heteroatoms. The third kappa shape index (κ3) is 3.82. The number of aromatic nitrogens is 4. The first-order valence-electron chi connectivity index (χ1n) is 9.73. The highest BCUT2D eigenvalue weighted by molar-refractivity contribution is 7.99. The van der Waals surface area contributed by atoms with E-state index in [4.69, 9.17) is 4.98 Å². The fourth-order valence-electron chi connectivity index (χ4n) is 3.26. The zero-order valence-electron chi connectivity index (χ0n) is 16.4. The number of para-hydroxylation sites is 2. The van der Waals surface area contributed by atoms with Gasteiger partial charge in [-0.2, -0.15) is 0 Å². The Kier molecular flexibility index (Phi) is 5.49. The zero-order valence-corrected chi connectivity index (χ0v) is 17.2. The molecule has 0 fully saturated rings. The molecule has 0 aliphatic rings. The van der Waals surface area contributed by atoms with E-state index in [9.17, 15) is 9.59 Å². The number of unbranched alkanes of at least 4 members (excludes halogenated alkanes) is 1. The van der Waals surface area contributed by atoms with Gasteiger partial charge in [-0.3, -0.25) is 14.2 Å². The highest BCUT2D eigenvalue weighted by Gasteiger charge is 2.18. The summed E-state index contributed by atoms with van der Waals surface area (Å²) in [6.07, 6.45) is 1.88. The number of fused-ring (bicyclic) bond motifs is 2. The summed E-state index contributed by atoms with van der Waals surface area (Å²) in [5.74, 6) is 0.572. The molecule has 2 aromatic carbocycles. The van der Waals surface area contributed by atoms with Gasteiger partial charge in [-0.1, -0.05) is 49.4 Å². The molecule has 6 nitrogen and oxygen atoms in total. The third-order valence-electron chi connectivity index (χ3n) is 4.86. The van der Waals surface area contributed by atoms with Crippen molar-refractivity contribution in [3.63, 3.8) is 0 Å². The first-order valence-corrected chi connectivity index (χ1v) is 10.6. The van der Waals surface area contributed by atoms with Crippen molar-refractivity contribution in [3.8, 4) is 0 Å². The van der Waals surface area contributed by atoms with E-state index < -0.39 is 0 Å². The van der Waals surface area contributed by atoms with Crippen LogP contribution in [0, 0.1) is 0 Å². The SMILES string of the molecule is CCCCn1c(SC(C)c2nc3ccccc3c(=O)[nH]2)nc2ccccc2c1=O. The maximum atomic E-state index is 13.0. The van der Waals surface area contributed by atoms with Crippen molar-refractivity contribution >= 4 is 33.6 Å². The maximum absolute atomic E-state index is 13.0. The number of benzene rings is 2. The molecule has 1 atom stereocenters. The van der Waals surface area contributed by atoms with Gasteiger partial charge < -0.3 is 4.98 Å². The number of hydrogen-bond donors (Lipinski definition) is 1. The van der Waals surface area contributed by atoms with Gasteiger partial charge in [-0.15, -0.1) is 0 Å². The Hall–Kier alpha value is -2.93. The number of aromatic amines is 1. The topological polar surface area (TPSA) is 80.6 Å². The first kappa shape index (κ1) is 19.4. The molecule has 0 saturated heterocycles. The minimum absolute atomic E-state index is 0.0290. The molecule has 0 amide bonds. The summed E-state index contributed by atoms with van der Waals surface area (Å²) < 4.78 is 1.74. The Bertz CT molecular complexity index is 1300. The highest BCUT2D eigenvalue weighted by atomic mass is 32.2. The molecule has 148 valence electrons. The van der Waals surface area contributed by atoms with Gasteiger partial charge in [0.05, 0.1) is 27.1 Å². The van der Waals surface area contributed by atoms with Crippen LogP contribution >= 0.6 is 11.8 Å². The van der Waals surface area contributed by atoms with Crippen molar-refractivity contribution in [1.82, 2.24) is 19.5 Å². The van der Waals surface area contributed by atoms with Gasteiger partial charge in [-0.25, -0.2) is 9.97 Å². The van der Waals surface area contributed by atoms with Crippen LogP contribution in [0.1, 0.15) is 37.8 Å². The van der Waals surface area contributed by atoms with E-state index in [0.29, 0.717) is 39.3 Å². The van der Waals surface area contributed by atoms with E-state index >= 15 is 0 Å². The summed E-state index contributed by atoms with van der Waals surface area (Å²) in [5, 5.41) is 1.66. The van der Waals surface area contributed by atoms with E-state index in [-0.39, 0.29) is 16.4 Å². The van der Waals surface area contributed by atoms with Crippen molar-refractivity contribution in [2.45, 2.75) is 43.6 Å². The minimum atomic E-state index is -0.173. The first-order chi connectivity index (χ1) is 14.1. The van der Waals surface area contributed by atoms with Gasteiger partial charge in [0.15, 0.2) is 5.16 Å². The van der Waals surface area contributed by atoms with Gasteiger partial charge in [0.2, 0.25) is 0 Å². The smallest absolute Gasteiger partial charge is 0.262 e. The van der Waals surface area contributed by atoms with Crippen LogP contribution in [-0.4, -0.2) is 19.5 Å². The molecular formula is C22H22N4O2S. The average Bonchev–Trinajstić information content (AvgIpc) is 2.73. The van der Waals surface area contributed by atoms with Gasteiger partial charge in [0.1, 0.15) is 5.82 Å². The molecule has 4 aromatic rings. The summed E-state index contributed by atoms with van der Waals surface area (Å²) in [7, 11) is 0. The molecule has 1 N–H and O–H groups in total. The van der Waals surface area contributed by atoms with E-state index in [1.54, 1.807) is 10.6 Å². The minimum Gasteiger partial charge on any atom is -0.309 e. The van der Waals surface area contributed by atoms with Crippen LogP contribution in [0.4, 0.5) is 0 Å². The molecule has 2 heterocycles. The number of H-pyrrole nitrogens is 1. The molecule has 0 aliphatic heterocycles. The van der Waals surface area contributed by atoms with Crippen LogP contribution in [0.5, 0.6) is 0 Å². The summed E-state index contributed by atoms with van der Waals surface area (Å²) in [4.78, 5) is 37.7. The van der Waals surface area contributed by atoms with Crippen LogP contribution < -0.4 is 11.1 Å². The highest BCUT2D eigenvalue weighted by Crippen LogP contribution is 2.32. The van der Waals surface area contributed by atoms with Crippen LogP contribution in [-0.2, 0) is 6.54 Å². The Balaban J connectivity index is 1.76. The molecule has 4 rings (SSSR count). The predicted molar refractivity (Wildman–Crippen MR) is 118 cm³/mol. The summed E-state index contributed by atoms with van der Waals surface area (Å²) in [6.45, 7) is 4.67. The molecule has 0 aliphatic carbocycles. The van der Waals surface area contributed by atoms with Gasteiger partial charge in [0, 0.05) is 6.54 Å². The summed E-state index contributed by atoms with van der Waals surface area (Å²) in [6, 6.07) is 14.7. The number of thioether (sulfide) groups is 1. The van der Waals surface area contributed by atoms with Crippen molar-refractivity contribution < 1.29 is 0 Å². The van der Waals surface area contributed by atoms with Crippen LogP contribution in [0.15, 0.2) is 63.3 Å². The molecule has 0 spiro atoms.